The Morgan fingerprint density at radius 1 is 1.00 bits per heavy atom. The Bertz CT molecular complexity index is 596. The summed E-state index contributed by atoms with van der Waals surface area (Å²) < 4.78 is 33.3. The lowest BCUT2D eigenvalue weighted by Gasteiger charge is -2.09. The van der Waals surface area contributed by atoms with Crippen LogP contribution in [-0.4, -0.2) is 6.61 Å². The quantitative estimate of drug-likeness (QED) is 0.502. The van der Waals surface area contributed by atoms with Gasteiger partial charge < -0.3 is 4.74 Å². The third kappa shape index (κ3) is 3.73. The Morgan fingerprint density at radius 3 is 2.33 bits per heavy atom. The van der Waals surface area contributed by atoms with E-state index in [0.717, 1.165) is 18.6 Å². The van der Waals surface area contributed by atoms with Gasteiger partial charge in [-0.2, -0.15) is 0 Å². The highest BCUT2D eigenvalue weighted by atomic mass is 35.5. The average molecular weight is 311 g/mol. The molecule has 0 fully saturated rings. The number of alkyl halides is 1. The van der Waals surface area contributed by atoms with Gasteiger partial charge in [0.05, 0.1) is 12.5 Å². The zero-order chi connectivity index (χ0) is 15.2. The molecule has 0 atom stereocenters. The van der Waals surface area contributed by atoms with Crippen molar-refractivity contribution in [1.29, 1.82) is 0 Å². The van der Waals surface area contributed by atoms with E-state index in [0.29, 0.717) is 12.2 Å². The fraction of sp³-hybridized carbons (Fsp3) is 0.294. The molecule has 0 radical (unpaired) electrons. The molecule has 1 nitrogen and oxygen atoms in total. The van der Waals surface area contributed by atoms with Gasteiger partial charge in [-0.05, 0) is 24.1 Å². The Balaban J connectivity index is 2.21. The largest absolute Gasteiger partial charge is 0.494 e. The predicted octanol–water partition coefficient (Wildman–Crippen LogP) is 5.55. The number of halogens is 3. The molecule has 0 bridgehead atoms. The fourth-order valence-corrected chi connectivity index (χ4v) is 2.19. The van der Waals surface area contributed by atoms with E-state index in [-0.39, 0.29) is 17.0 Å². The zero-order valence-electron chi connectivity index (χ0n) is 11.8. The minimum Gasteiger partial charge on any atom is -0.494 e. The SMILES string of the molecule is CCCCOc1ccc(-c2ccc(CCl)c(F)c2F)cc1. The topological polar surface area (TPSA) is 9.23 Å². The molecule has 4 heteroatoms. The molecule has 0 aliphatic rings. The highest BCUT2D eigenvalue weighted by Crippen LogP contribution is 2.28. The van der Waals surface area contributed by atoms with Crippen molar-refractivity contribution in [2.24, 2.45) is 0 Å². The molecule has 0 aliphatic carbocycles. The molecule has 0 heterocycles. The Hall–Kier alpha value is -1.61. The first kappa shape index (κ1) is 15.8. The van der Waals surface area contributed by atoms with Crippen LogP contribution in [0.25, 0.3) is 11.1 Å². The maximum atomic E-state index is 14.0. The van der Waals surface area contributed by atoms with Crippen molar-refractivity contribution >= 4 is 11.6 Å². The number of hydrogen-bond acceptors (Lipinski definition) is 1. The summed E-state index contributed by atoms with van der Waals surface area (Å²) in [6, 6.07) is 10.0. The molecular weight excluding hydrogens is 294 g/mol. The summed E-state index contributed by atoms with van der Waals surface area (Å²) in [7, 11) is 0. The minimum atomic E-state index is -0.884. The number of unbranched alkanes of at least 4 members (excludes halogenated alkanes) is 1. The number of benzene rings is 2. The number of hydrogen-bond donors (Lipinski definition) is 0. The van der Waals surface area contributed by atoms with E-state index < -0.39 is 11.6 Å². The molecule has 112 valence electrons. The third-order valence-electron chi connectivity index (χ3n) is 3.24. The van der Waals surface area contributed by atoms with Crippen molar-refractivity contribution < 1.29 is 13.5 Å². The van der Waals surface area contributed by atoms with Gasteiger partial charge in [0.15, 0.2) is 11.6 Å². The van der Waals surface area contributed by atoms with Crippen molar-refractivity contribution in [2.45, 2.75) is 25.6 Å². The zero-order valence-corrected chi connectivity index (χ0v) is 12.6. The first-order valence-corrected chi connectivity index (χ1v) is 7.47. The van der Waals surface area contributed by atoms with E-state index in [4.69, 9.17) is 16.3 Å². The van der Waals surface area contributed by atoms with E-state index in [1.165, 1.54) is 6.07 Å². The summed E-state index contributed by atoms with van der Waals surface area (Å²) in [5, 5.41) is 0. The van der Waals surface area contributed by atoms with Gasteiger partial charge in [0.2, 0.25) is 0 Å². The van der Waals surface area contributed by atoms with Gasteiger partial charge in [0.25, 0.3) is 0 Å². The van der Waals surface area contributed by atoms with Crippen molar-refractivity contribution in [3.05, 3.63) is 53.6 Å². The summed E-state index contributed by atoms with van der Waals surface area (Å²) in [5.41, 5.74) is 0.995. The van der Waals surface area contributed by atoms with E-state index in [1.807, 2.05) is 0 Å². The molecule has 0 aromatic heterocycles. The molecule has 0 N–H and O–H groups in total. The van der Waals surface area contributed by atoms with Crippen LogP contribution in [0.1, 0.15) is 25.3 Å². The van der Waals surface area contributed by atoms with Crippen molar-refractivity contribution in [3.8, 4) is 16.9 Å². The van der Waals surface area contributed by atoms with Crippen LogP contribution in [0, 0.1) is 11.6 Å². The molecular formula is C17H17ClF2O. The van der Waals surface area contributed by atoms with Gasteiger partial charge in [-0.25, -0.2) is 8.78 Å². The second-order valence-corrected chi connectivity index (χ2v) is 5.03. The second kappa shape index (κ2) is 7.41. The normalized spacial score (nSPS) is 10.7. The van der Waals surface area contributed by atoms with Crippen LogP contribution < -0.4 is 4.74 Å². The molecule has 21 heavy (non-hydrogen) atoms. The molecule has 2 rings (SSSR count). The van der Waals surface area contributed by atoms with Gasteiger partial charge >= 0.3 is 0 Å². The molecule has 0 saturated carbocycles. The highest BCUT2D eigenvalue weighted by molar-refractivity contribution is 6.17. The van der Waals surface area contributed by atoms with Crippen LogP contribution in [0.15, 0.2) is 36.4 Å². The molecule has 0 amide bonds. The van der Waals surface area contributed by atoms with Crippen molar-refractivity contribution in [2.75, 3.05) is 6.61 Å². The highest BCUT2D eigenvalue weighted by Gasteiger charge is 2.14. The van der Waals surface area contributed by atoms with Gasteiger partial charge in [-0.3, -0.25) is 0 Å². The van der Waals surface area contributed by atoms with E-state index in [9.17, 15) is 8.78 Å². The van der Waals surface area contributed by atoms with Crippen LogP contribution >= 0.6 is 11.6 Å². The lowest BCUT2D eigenvalue weighted by molar-refractivity contribution is 0.309. The smallest absolute Gasteiger partial charge is 0.166 e. The van der Waals surface area contributed by atoms with Crippen LogP contribution in [0.4, 0.5) is 8.78 Å². The Kier molecular flexibility index (Phi) is 5.57. The lowest BCUT2D eigenvalue weighted by atomic mass is 10.0. The molecule has 0 unspecified atom stereocenters. The standard InChI is InChI=1S/C17H17ClF2O/c1-2-3-10-21-14-7-4-12(5-8-14)15-9-6-13(11-18)16(19)17(15)20/h4-9H,2-3,10-11H2,1H3. The minimum absolute atomic E-state index is 0.0484. The number of rotatable bonds is 6. The Labute approximate surface area is 128 Å². The lowest BCUT2D eigenvalue weighted by Crippen LogP contribution is -1.97. The van der Waals surface area contributed by atoms with Gasteiger partial charge in [-0.1, -0.05) is 37.6 Å². The maximum absolute atomic E-state index is 14.0. The van der Waals surface area contributed by atoms with Crippen LogP contribution in [0.5, 0.6) is 5.75 Å². The summed E-state index contributed by atoms with van der Waals surface area (Å²) in [4.78, 5) is 0. The molecule has 0 spiro atoms. The monoisotopic (exact) mass is 310 g/mol. The molecule has 0 aliphatic heterocycles. The summed E-state index contributed by atoms with van der Waals surface area (Å²) in [5.74, 6) is -1.07. The van der Waals surface area contributed by atoms with Gasteiger partial charge in [-0.15, -0.1) is 11.6 Å². The first-order valence-electron chi connectivity index (χ1n) is 6.93. The first-order chi connectivity index (χ1) is 10.2. The van der Waals surface area contributed by atoms with Crippen molar-refractivity contribution in [3.63, 3.8) is 0 Å². The van der Waals surface area contributed by atoms with Crippen LogP contribution in [0.3, 0.4) is 0 Å². The van der Waals surface area contributed by atoms with E-state index in [2.05, 4.69) is 6.92 Å². The fourth-order valence-electron chi connectivity index (χ4n) is 1.98. The van der Waals surface area contributed by atoms with E-state index in [1.54, 1.807) is 30.3 Å². The molecule has 2 aromatic rings. The molecule has 2 aromatic carbocycles. The molecule has 0 saturated heterocycles. The van der Waals surface area contributed by atoms with Crippen molar-refractivity contribution in [1.82, 2.24) is 0 Å². The summed E-state index contributed by atoms with van der Waals surface area (Å²) >= 11 is 5.56. The van der Waals surface area contributed by atoms with Gasteiger partial charge in [0, 0.05) is 11.1 Å². The third-order valence-corrected chi connectivity index (χ3v) is 3.53. The summed E-state index contributed by atoms with van der Waals surface area (Å²) in [6.45, 7) is 2.75. The van der Waals surface area contributed by atoms with Crippen LogP contribution in [-0.2, 0) is 5.88 Å². The predicted molar refractivity (Wildman–Crippen MR) is 81.8 cm³/mol. The maximum Gasteiger partial charge on any atom is 0.166 e. The average Bonchev–Trinajstić information content (AvgIpc) is 2.51. The second-order valence-electron chi connectivity index (χ2n) is 4.76. The van der Waals surface area contributed by atoms with Crippen LogP contribution in [0.2, 0.25) is 0 Å². The Morgan fingerprint density at radius 2 is 1.71 bits per heavy atom. The number of ether oxygens (including phenoxy) is 1. The van der Waals surface area contributed by atoms with E-state index >= 15 is 0 Å². The van der Waals surface area contributed by atoms with Gasteiger partial charge in [0.1, 0.15) is 5.75 Å². The summed E-state index contributed by atoms with van der Waals surface area (Å²) in [6.07, 6.45) is 2.05.